The predicted octanol–water partition coefficient (Wildman–Crippen LogP) is 0.623. The fourth-order valence-electron chi connectivity index (χ4n) is 3.07. The lowest BCUT2D eigenvalue weighted by atomic mass is 10.00. The quantitative estimate of drug-likeness (QED) is 0.674. The number of carbonyl (C=O) groups is 3. The molecule has 0 bridgehead atoms. The number of ketones is 1. The van der Waals surface area contributed by atoms with Crippen LogP contribution in [0.1, 0.15) is 26.2 Å². The van der Waals surface area contributed by atoms with Crippen LogP contribution in [0.15, 0.2) is 0 Å². The number of hydrogen-bond acceptors (Lipinski definition) is 4. The molecule has 2 fully saturated rings. The van der Waals surface area contributed by atoms with Crippen molar-refractivity contribution in [3.63, 3.8) is 0 Å². The number of ether oxygens (including phenoxy) is 1. The summed E-state index contributed by atoms with van der Waals surface area (Å²) in [4.78, 5) is 36.8. The Balaban J connectivity index is 2.03. The molecule has 2 unspecified atom stereocenters. The average Bonchev–Trinajstić information content (AvgIpc) is 2.86. The first-order valence-electron chi connectivity index (χ1n) is 6.44. The highest BCUT2D eigenvalue weighted by atomic mass is 16.5. The number of amides is 2. The maximum Gasteiger partial charge on any atom is 0.233 e. The third kappa shape index (κ3) is 2.19. The van der Waals surface area contributed by atoms with Gasteiger partial charge in [-0.3, -0.25) is 19.3 Å². The van der Waals surface area contributed by atoms with E-state index < -0.39 is 0 Å². The van der Waals surface area contributed by atoms with Crippen LogP contribution in [-0.2, 0) is 19.1 Å². The Bertz CT molecular complexity index is 355. The number of hydrogen-bond donors (Lipinski definition) is 0. The van der Waals surface area contributed by atoms with E-state index in [0.29, 0.717) is 5.92 Å². The van der Waals surface area contributed by atoms with Crippen molar-refractivity contribution in [1.82, 2.24) is 4.90 Å². The van der Waals surface area contributed by atoms with Gasteiger partial charge in [0, 0.05) is 7.11 Å². The molecule has 5 heteroatoms. The van der Waals surface area contributed by atoms with E-state index in [1.54, 1.807) is 0 Å². The molecule has 1 heterocycles. The minimum Gasteiger partial charge on any atom is -0.377 e. The maximum atomic E-state index is 12.1. The van der Waals surface area contributed by atoms with Gasteiger partial charge in [0.2, 0.25) is 11.8 Å². The first-order chi connectivity index (χ1) is 8.58. The first kappa shape index (κ1) is 13.2. The molecule has 0 N–H and O–H groups in total. The lowest BCUT2D eigenvalue weighted by molar-refractivity contribution is -0.144. The SMILES string of the molecule is CCC1CC2C(=O)N(CC(=O)COC)C(=O)C2C1. The smallest absolute Gasteiger partial charge is 0.233 e. The summed E-state index contributed by atoms with van der Waals surface area (Å²) in [5.74, 6) is -0.442. The number of rotatable bonds is 5. The molecule has 0 aromatic rings. The Morgan fingerprint density at radius 3 is 2.28 bits per heavy atom. The van der Waals surface area contributed by atoms with Crippen molar-refractivity contribution in [3.8, 4) is 0 Å². The van der Waals surface area contributed by atoms with E-state index in [1.165, 1.54) is 7.11 Å². The van der Waals surface area contributed by atoms with E-state index in [2.05, 4.69) is 6.92 Å². The van der Waals surface area contributed by atoms with E-state index in [1.807, 2.05) is 0 Å². The number of nitrogens with zero attached hydrogens (tertiary/aromatic N) is 1. The highest BCUT2D eigenvalue weighted by Crippen LogP contribution is 2.44. The predicted molar refractivity (Wildman–Crippen MR) is 63.6 cm³/mol. The van der Waals surface area contributed by atoms with Gasteiger partial charge in [0.15, 0.2) is 5.78 Å². The monoisotopic (exact) mass is 253 g/mol. The normalized spacial score (nSPS) is 31.0. The van der Waals surface area contributed by atoms with Gasteiger partial charge in [-0.1, -0.05) is 13.3 Å². The molecule has 1 aliphatic carbocycles. The molecule has 2 aliphatic rings. The standard InChI is InChI=1S/C13H19NO4/c1-3-8-4-10-11(5-8)13(17)14(12(10)16)6-9(15)7-18-2/h8,10-11H,3-7H2,1-2H3. The molecule has 100 valence electrons. The van der Waals surface area contributed by atoms with Crippen molar-refractivity contribution >= 4 is 17.6 Å². The van der Waals surface area contributed by atoms with Gasteiger partial charge in [-0.2, -0.15) is 0 Å². The third-order valence-electron chi connectivity index (χ3n) is 4.04. The summed E-state index contributed by atoms with van der Waals surface area (Å²) in [7, 11) is 1.42. The van der Waals surface area contributed by atoms with Crippen LogP contribution in [0, 0.1) is 17.8 Å². The van der Waals surface area contributed by atoms with Crippen molar-refractivity contribution in [2.45, 2.75) is 26.2 Å². The summed E-state index contributed by atoms with van der Waals surface area (Å²) in [6, 6.07) is 0. The summed E-state index contributed by atoms with van der Waals surface area (Å²) in [6.45, 7) is 1.90. The molecule has 1 saturated heterocycles. The van der Waals surface area contributed by atoms with Gasteiger partial charge in [0.25, 0.3) is 0 Å². The van der Waals surface area contributed by atoms with Gasteiger partial charge in [0.1, 0.15) is 6.61 Å². The summed E-state index contributed by atoms with van der Waals surface area (Å²) in [5.41, 5.74) is 0. The van der Waals surface area contributed by atoms with Gasteiger partial charge in [-0.05, 0) is 18.8 Å². The Kier molecular flexibility index (Phi) is 3.80. The van der Waals surface area contributed by atoms with Crippen LogP contribution in [0.25, 0.3) is 0 Å². The second-order valence-electron chi connectivity index (χ2n) is 5.19. The van der Waals surface area contributed by atoms with Crippen LogP contribution in [0.4, 0.5) is 0 Å². The number of likely N-dealkylation sites (tertiary alicyclic amines) is 1. The summed E-state index contributed by atoms with van der Waals surface area (Å²) in [5, 5.41) is 0. The largest absolute Gasteiger partial charge is 0.377 e. The summed E-state index contributed by atoms with van der Waals surface area (Å²) >= 11 is 0. The van der Waals surface area contributed by atoms with Crippen LogP contribution >= 0.6 is 0 Å². The van der Waals surface area contributed by atoms with Crippen molar-refractivity contribution in [1.29, 1.82) is 0 Å². The van der Waals surface area contributed by atoms with E-state index in [0.717, 1.165) is 24.2 Å². The zero-order valence-electron chi connectivity index (χ0n) is 10.8. The minimum atomic E-state index is -0.230. The molecule has 18 heavy (non-hydrogen) atoms. The van der Waals surface area contributed by atoms with Crippen LogP contribution in [0.5, 0.6) is 0 Å². The van der Waals surface area contributed by atoms with Gasteiger partial charge in [0.05, 0.1) is 18.4 Å². The molecule has 2 amide bonds. The molecule has 2 rings (SSSR count). The van der Waals surface area contributed by atoms with Crippen molar-refractivity contribution in [2.24, 2.45) is 17.8 Å². The van der Waals surface area contributed by atoms with E-state index in [4.69, 9.17) is 4.74 Å². The molecule has 2 atom stereocenters. The average molecular weight is 253 g/mol. The van der Waals surface area contributed by atoms with Crippen LogP contribution in [0.2, 0.25) is 0 Å². The van der Waals surface area contributed by atoms with Crippen molar-refractivity contribution in [3.05, 3.63) is 0 Å². The number of Topliss-reactive ketones (excluding diaryl/α,β-unsaturated/α-hetero) is 1. The van der Waals surface area contributed by atoms with Crippen LogP contribution in [-0.4, -0.2) is 42.8 Å². The topological polar surface area (TPSA) is 63.7 Å². The summed E-state index contributed by atoms with van der Waals surface area (Å²) < 4.78 is 4.71. The molecular weight excluding hydrogens is 234 g/mol. The van der Waals surface area contributed by atoms with Gasteiger partial charge < -0.3 is 4.74 Å². The van der Waals surface area contributed by atoms with E-state index in [9.17, 15) is 14.4 Å². The van der Waals surface area contributed by atoms with Crippen LogP contribution < -0.4 is 0 Å². The first-order valence-corrected chi connectivity index (χ1v) is 6.44. The Morgan fingerprint density at radius 2 is 1.83 bits per heavy atom. The molecule has 1 aliphatic heterocycles. The molecule has 5 nitrogen and oxygen atoms in total. The fourth-order valence-corrected chi connectivity index (χ4v) is 3.07. The van der Waals surface area contributed by atoms with E-state index in [-0.39, 0.29) is 42.6 Å². The number of methoxy groups -OCH3 is 1. The van der Waals surface area contributed by atoms with E-state index >= 15 is 0 Å². The number of fused-ring (bicyclic) bond motifs is 1. The lowest BCUT2D eigenvalue weighted by Gasteiger charge is -2.16. The highest BCUT2D eigenvalue weighted by molar-refractivity contribution is 6.07. The fraction of sp³-hybridized carbons (Fsp3) is 0.769. The van der Waals surface area contributed by atoms with Gasteiger partial charge in [-0.15, -0.1) is 0 Å². The highest BCUT2D eigenvalue weighted by Gasteiger charge is 2.52. The third-order valence-corrected chi connectivity index (χ3v) is 4.04. The Hall–Kier alpha value is -1.23. The molecular formula is C13H19NO4. The Morgan fingerprint density at radius 1 is 1.28 bits per heavy atom. The second-order valence-corrected chi connectivity index (χ2v) is 5.19. The Labute approximate surface area is 106 Å². The number of carbonyl (C=O) groups excluding carboxylic acids is 3. The molecule has 1 saturated carbocycles. The summed E-state index contributed by atoms with van der Waals surface area (Å²) in [6.07, 6.45) is 2.59. The zero-order chi connectivity index (χ0) is 13.3. The second kappa shape index (κ2) is 5.18. The van der Waals surface area contributed by atoms with Gasteiger partial charge >= 0.3 is 0 Å². The van der Waals surface area contributed by atoms with Crippen molar-refractivity contribution in [2.75, 3.05) is 20.3 Å². The molecule has 0 aromatic heterocycles. The lowest BCUT2D eigenvalue weighted by Crippen LogP contribution is -2.37. The minimum absolute atomic E-state index is 0.0516. The maximum absolute atomic E-state index is 12.1. The number of imide groups is 1. The van der Waals surface area contributed by atoms with Crippen LogP contribution in [0.3, 0.4) is 0 Å². The molecule has 0 aromatic carbocycles. The van der Waals surface area contributed by atoms with Gasteiger partial charge in [-0.25, -0.2) is 0 Å². The molecule has 0 spiro atoms. The van der Waals surface area contributed by atoms with Crippen molar-refractivity contribution < 1.29 is 19.1 Å². The zero-order valence-corrected chi connectivity index (χ0v) is 10.8. The molecule has 0 radical (unpaired) electrons.